The number of benzene rings is 1. The summed E-state index contributed by atoms with van der Waals surface area (Å²) in [7, 11) is -2.96. The predicted octanol–water partition coefficient (Wildman–Crippen LogP) is 1.49. The van der Waals surface area contributed by atoms with Crippen molar-refractivity contribution < 1.29 is 13.2 Å². The van der Waals surface area contributed by atoms with Gasteiger partial charge >= 0.3 is 0 Å². The summed E-state index contributed by atoms with van der Waals surface area (Å²) in [5.74, 6) is 0.112. The number of aryl methyl sites for hydroxylation is 2. The molecule has 1 N–H and O–H groups in total. The van der Waals surface area contributed by atoms with Crippen molar-refractivity contribution in [2.45, 2.75) is 20.3 Å². The van der Waals surface area contributed by atoms with Crippen LogP contribution in [0.1, 0.15) is 17.0 Å². The molecule has 2 heterocycles. The molecule has 7 heteroatoms. The third-order valence-corrected chi connectivity index (χ3v) is 6.03. The summed E-state index contributed by atoms with van der Waals surface area (Å²) in [6.07, 6.45) is 0.295. The van der Waals surface area contributed by atoms with Crippen LogP contribution < -0.4 is 0 Å². The lowest BCUT2D eigenvalue weighted by Crippen LogP contribution is -2.44. The van der Waals surface area contributed by atoms with Gasteiger partial charge in [-0.05, 0) is 25.0 Å². The first-order valence-corrected chi connectivity index (χ1v) is 9.77. The van der Waals surface area contributed by atoms with E-state index in [0.29, 0.717) is 19.5 Å². The van der Waals surface area contributed by atoms with Crippen LogP contribution in [0.3, 0.4) is 0 Å². The number of H-pyrrole nitrogens is 1. The summed E-state index contributed by atoms with van der Waals surface area (Å²) in [5, 5.41) is 7.17. The third-order valence-electron chi connectivity index (χ3n) is 4.42. The first kappa shape index (κ1) is 16.7. The van der Waals surface area contributed by atoms with E-state index in [1.165, 1.54) is 0 Å². The summed E-state index contributed by atoms with van der Waals surface area (Å²) >= 11 is 0. The normalized spacial score (nSPS) is 17.0. The third kappa shape index (κ3) is 3.51. The molecule has 1 fully saturated rings. The topological polar surface area (TPSA) is 83.1 Å². The minimum absolute atomic E-state index is 0.0201. The van der Waals surface area contributed by atoms with Gasteiger partial charge in [-0.3, -0.25) is 9.89 Å². The van der Waals surface area contributed by atoms with Gasteiger partial charge in [-0.1, -0.05) is 24.3 Å². The monoisotopic (exact) mass is 347 g/mol. The molecular formula is C17H21N3O3S. The van der Waals surface area contributed by atoms with Crippen molar-refractivity contribution in [2.24, 2.45) is 0 Å². The molecule has 0 saturated carbocycles. The molecule has 0 spiro atoms. The van der Waals surface area contributed by atoms with Crippen molar-refractivity contribution in [1.29, 1.82) is 0 Å². The number of aromatic nitrogens is 2. The summed E-state index contributed by atoms with van der Waals surface area (Å²) in [6, 6.07) is 7.88. The first-order chi connectivity index (χ1) is 11.4. The Bertz CT molecular complexity index is 820. The van der Waals surface area contributed by atoms with E-state index in [-0.39, 0.29) is 17.4 Å². The molecule has 0 aliphatic carbocycles. The second-order valence-electron chi connectivity index (χ2n) is 6.22. The number of hydrogen-bond acceptors (Lipinski definition) is 4. The first-order valence-electron chi connectivity index (χ1n) is 7.95. The van der Waals surface area contributed by atoms with Crippen LogP contribution in [0.15, 0.2) is 24.3 Å². The molecule has 6 nitrogen and oxygen atoms in total. The van der Waals surface area contributed by atoms with Crippen LogP contribution in [0, 0.1) is 13.8 Å². The fourth-order valence-electron chi connectivity index (χ4n) is 3.01. The van der Waals surface area contributed by atoms with E-state index in [4.69, 9.17) is 0 Å². The summed E-state index contributed by atoms with van der Waals surface area (Å²) in [5.41, 5.74) is 5.06. The summed E-state index contributed by atoms with van der Waals surface area (Å²) < 4.78 is 22.9. The number of nitrogens with zero attached hydrogens (tertiary/aromatic N) is 2. The number of hydrogen-bond donors (Lipinski definition) is 1. The van der Waals surface area contributed by atoms with Gasteiger partial charge in [-0.25, -0.2) is 8.42 Å². The largest absolute Gasteiger partial charge is 0.340 e. The van der Waals surface area contributed by atoms with E-state index in [2.05, 4.69) is 10.2 Å². The van der Waals surface area contributed by atoms with Crippen LogP contribution in [-0.2, 0) is 21.1 Å². The van der Waals surface area contributed by atoms with Gasteiger partial charge in [0.15, 0.2) is 9.84 Å². The highest BCUT2D eigenvalue weighted by Gasteiger charge is 2.24. The van der Waals surface area contributed by atoms with E-state index in [1.807, 2.05) is 38.1 Å². The molecule has 1 aromatic carbocycles. The highest BCUT2D eigenvalue weighted by molar-refractivity contribution is 7.91. The molecule has 3 rings (SSSR count). The quantitative estimate of drug-likeness (QED) is 0.912. The Morgan fingerprint density at radius 3 is 2.33 bits per heavy atom. The molecule has 0 bridgehead atoms. The van der Waals surface area contributed by atoms with E-state index in [1.54, 1.807) is 4.90 Å². The average Bonchev–Trinajstić information content (AvgIpc) is 2.87. The van der Waals surface area contributed by atoms with Gasteiger partial charge in [0.05, 0.1) is 23.6 Å². The lowest BCUT2D eigenvalue weighted by atomic mass is 10.0. The van der Waals surface area contributed by atoms with Gasteiger partial charge in [-0.15, -0.1) is 0 Å². The van der Waals surface area contributed by atoms with Gasteiger partial charge in [0.1, 0.15) is 0 Å². The fourth-order valence-corrected chi connectivity index (χ4v) is 4.22. The summed E-state index contributed by atoms with van der Waals surface area (Å²) in [6.45, 7) is 4.54. The highest BCUT2D eigenvalue weighted by atomic mass is 32.2. The van der Waals surface area contributed by atoms with Crippen molar-refractivity contribution in [1.82, 2.24) is 15.1 Å². The van der Waals surface area contributed by atoms with Crippen molar-refractivity contribution in [3.05, 3.63) is 41.2 Å². The second kappa shape index (κ2) is 6.39. The molecule has 0 atom stereocenters. The zero-order chi connectivity index (χ0) is 17.3. The molecule has 0 unspecified atom stereocenters. The van der Waals surface area contributed by atoms with E-state index in [9.17, 15) is 13.2 Å². The lowest BCUT2D eigenvalue weighted by molar-refractivity contribution is -0.130. The van der Waals surface area contributed by atoms with Crippen molar-refractivity contribution in [3.63, 3.8) is 0 Å². The van der Waals surface area contributed by atoms with Gasteiger partial charge in [0, 0.05) is 24.3 Å². The molecule has 1 amide bonds. The molecule has 1 saturated heterocycles. The van der Waals surface area contributed by atoms with Crippen LogP contribution in [0.4, 0.5) is 0 Å². The average molecular weight is 347 g/mol. The molecule has 24 heavy (non-hydrogen) atoms. The predicted molar refractivity (Wildman–Crippen MR) is 92.4 cm³/mol. The fraction of sp³-hybridized carbons (Fsp3) is 0.412. The van der Waals surface area contributed by atoms with E-state index < -0.39 is 9.84 Å². The number of aromatic amines is 1. The second-order valence-corrected chi connectivity index (χ2v) is 8.52. The molecular weight excluding hydrogens is 326 g/mol. The smallest absolute Gasteiger partial charge is 0.227 e. The number of carbonyl (C=O) groups excluding carboxylic acids is 1. The Labute approximate surface area is 141 Å². The molecule has 128 valence electrons. The highest BCUT2D eigenvalue weighted by Crippen LogP contribution is 2.25. The lowest BCUT2D eigenvalue weighted by Gasteiger charge is -2.26. The SMILES string of the molecule is Cc1n[nH]c(C)c1-c1ccc(CC(=O)N2CCS(=O)(=O)CC2)cc1. The zero-order valence-electron chi connectivity index (χ0n) is 13.9. The minimum atomic E-state index is -2.96. The van der Waals surface area contributed by atoms with Crippen LogP contribution in [0.2, 0.25) is 0 Å². The molecule has 2 aromatic rings. The Hall–Kier alpha value is -2.15. The maximum atomic E-state index is 12.3. The number of nitrogens with one attached hydrogen (secondary N) is 1. The van der Waals surface area contributed by atoms with Crippen molar-refractivity contribution >= 4 is 15.7 Å². The van der Waals surface area contributed by atoms with E-state index in [0.717, 1.165) is 28.1 Å². The van der Waals surface area contributed by atoms with Crippen LogP contribution >= 0.6 is 0 Å². The minimum Gasteiger partial charge on any atom is -0.340 e. The summed E-state index contributed by atoms with van der Waals surface area (Å²) in [4.78, 5) is 14.0. The maximum absolute atomic E-state index is 12.3. The van der Waals surface area contributed by atoms with Gasteiger partial charge < -0.3 is 4.90 Å². The molecule has 1 aliphatic heterocycles. The standard InChI is InChI=1S/C17H21N3O3S/c1-12-17(13(2)19-18-12)15-5-3-14(4-6-15)11-16(21)20-7-9-24(22,23)10-8-20/h3-6H,7-11H2,1-2H3,(H,18,19). The van der Waals surface area contributed by atoms with Gasteiger partial charge in [0.25, 0.3) is 0 Å². The Kier molecular flexibility index (Phi) is 4.45. The number of carbonyl (C=O) groups is 1. The number of rotatable bonds is 3. The van der Waals surface area contributed by atoms with Crippen LogP contribution in [-0.4, -0.2) is 54.0 Å². The van der Waals surface area contributed by atoms with Crippen LogP contribution in [0.25, 0.3) is 11.1 Å². The Balaban J connectivity index is 1.67. The molecule has 1 aromatic heterocycles. The Morgan fingerprint density at radius 1 is 1.17 bits per heavy atom. The maximum Gasteiger partial charge on any atom is 0.227 e. The number of amides is 1. The molecule has 0 radical (unpaired) electrons. The molecule has 1 aliphatic rings. The number of sulfone groups is 1. The van der Waals surface area contributed by atoms with Crippen LogP contribution in [0.5, 0.6) is 0 Å². The van der Waals surface area contributed by atoms with Gasteiger partial charge in [-0.2, -0.15) is 5.10 Å². The van der Waals surface area contributed by atoms with Gasteiger partial charge in [0.2, 0.25) is 5.91 Å². The van der Waals surface area contributed by atoms with E-state index >= 15 is 0 Å². The Morgan fingerprint density at radius 2 is 1.79 bits per heavy atom. The van der Waals surface area contributed by atoms with Crippen molar-refractivity contribution in [2.75, 3.05) is 24.6 Å². The zero-order valence-corrected chi connectivity index (χ0v) is 14.7. The van der Waals surface area contributed by atoms with Crippen molar-refractivity contribution in [3.8, 4) is 11.1 Å².